The maximum atomic E-state index is 12.1. The van der Waals surface area contributed by atoms with Crippen LogP contribution in [0, 0.1) is 5.41 Å². The number of alkyl halides is 3. The molecule has 0 aromatic carbocycles. The Balaban J connectivity index is 2.73. The van der Waals surface area contributed by atoms with Gasteiger partial charge in [0.25, 0.3) is 0 Å². The first kappa shape index (κ1) is 12.3. The van der Waals surface area contributed by atoms with Gasteiger partial charge in [-0.25, -0.2) is 4.98 Å². The molecular formula is C9H10F3N3O. The van der Waals surface area contributed by atoms with Crippen molar-refractivity contribution in [1.82, 2.24) is 4.98 Å². The van der Waals surface area contributed by atoms with E-state index in [1.807, 2.05) is 0 Å². The summed E-state index contributed by atoms with van der Waals surface area (Å²) in [5.41, 5.74) is 5.32. The molecular weight excluding hydrogens is 223 g/mol. The van der Waals surface area contributed by atoms with Gasteiger partial charge in [-0.3, -0.25) is 5.41 Å². The molecule has 3 N–H and O–H groups in total. The highest BCUT2D eigenvalue weighted by Crippen LogP contribution is 2.24. The lowest BCUT2D eigenvalue weighted by molar-refractivity contribution is -0.189. The quantitative estimate of drug-likeness (QED) is 0.616. The molecule has 0 amide bonds. The number of nitrogens with one attached hydrogen (secondary N) is 1. The zero-order valence-corrected chi connectivity index (χ0v) is 8.38. The normalized spacial score (nSPS) is 13.2. The number of nitrogens with two attached hydrogens (primary N) is 1. The zero-order valence-electron chi connectivity index (χ0n) is 8.38. The van der Waals surface area contributed by atoms with E-state index in [0.29, 0.717) is 0 Å². The highest BCUT2D eigenvalue weighted by molar-refractivity contribution is 5.92. The second kappa shape index (κ2) is 4.38. The van der Waals surface area contributed by atoms with Gasteiger partial charge >= 0.3 is 6.18 Å². The number of rotatable bonds is 3. The predicted molar refractivity (Wildman–Crippen MR) is 51.4 cm³/mol. The van der Waals surface area contributed by atoms with Crippen molar-refractivity contribution in [1.29, 1.82) is 5.41 Å². The Morgan fingerprint density at radius 2 is 2.12 bits per heavy atom. The number of halogens is 3. The lowest BCUT2D eigenvalue weighted by Crippen LogP contribution is -2.31. The molecule has 0 aliphatic carbocycles. The van der Waals surface area contributed by atoms with Gasteiger partial charge in [0, 0.05) is 0 Å². The van der Waals surface area contributed by atoms with Crippen LogP contribution in [0.1, 0.15) is 12.6 Å². The summed E-state index contributed by atoms with van der Waals surface area (Å²) in [7, 11) is 0. The molecule has 0 aliphatic heterocycles. The van der Waals surface area contributed by atoms with Crippen molar-refractivity contribution in [2.24, 2.45) is 5.73 Å². The van der Waals surface area contributed by atoms with E-state index >= 15 is 0 Å². The smallest absolute Gasteiger partial charge is 0.425 e. The first-order valence-electron chi connectivity index (χ1n) is 4.34. The third kappa shape index (κ3) is 3.11. The number of nitrogen functional groups attached to an aromatic ring is 1. The van der Waals surface area contributed by atoms with Crippen LogP contribution in [-0.4, -0.2) is 23.1 Å². The van der Waals surface area contributed by atoms with Crippen LogP contribution in [0.3, 0.4) is 0 Å². The van der Waals surface area contributed by atoms with Gasteiger partial charge in [0.2, 0.25) is 0 Å². The monoisotopic (exact) mass is 233 g/mol. The summed E-state index contributed by atoms with van der Waals surface area (Å²) >= 11 is 0. The highest BCUT2D eigenvalue weighted by atomic mass is 19.4. The molecule has 88 valence electrons. The standard InChI is InChI=1S/C9H10F3N3O/c1-5(9(10,11)12)16-6-2-3-7(8(13)14)15-4-6/h2-5H,1H3,(H3,13,14). The third-order valence-corrected chi connectivity index (χ3v) is 1.79. The van der Waals surface area contributed by atoms with E-state index < -0.39 is 12.3 Å². The fourth-order valence-electron chi connectivity index (χ4n) is 0.880. The molecule has 1 aromatic heterocycles. The van der Waals surface area contributed by atoms with Gasteiger partial charge in [-0.05, 0) is 19.1 Å². The summed E-state index contributed by atoms with van der Waals surface area (Å²) in [5.74, 6) is -0.273. The Hall–Kier alpha value is -1.79. The van der Waals surface area contributed by atoms with Crippen LogP contribution in [0.25, 0.3) is 0 Å². The average molecular weight is 233 g/mol. The van der Waals surface area contributed by atoms with Gasteiger partial charge in [-0.15, -0.1) is 0 Å². The van der Waals surface area contributed by atoms with Gasteiger partial charge in [0.15, 0.2) is 6.10 Å². The van der Waals surface area contributed by atoms with Crippen LogP contribution in [0.5, 0.6) is 5.75 Å². The second-order valence-electron chi connectivity index (χ2n) is 3.09. The van der Waals surface area contributed by atoms with Crippen molar-refractivity contribution in [3.8, 4) is 5.75 Å². The Kier molecular flexibility index (Phi) is 3.36. The molecule has 1 atom stereocenters. The minimum atomic E-state index is -4.42. The molecule has 0 saturated heterocycles. The van der Waals surface area contributed by atoms with E-state index in [1.165, 1.54) is 12.1 Å². The molecule has 16 heavy (non-hydrogen) atoms. The number of nitrogens with zero attached hydrogens (tertiary/aromatic N) is 1. The van der Waals surface area contributed by atoms with E-state index in [2.05, 4.69) is 9.72 Å². The molecule has 0 spiro atoms. The number of ether oxygens (including phenoxy) is 1. The maximum Gasteiger partial charge on any atom is 0.425 e. The molecule has 1 unspecified atom stereocenters. The first-order valence-corrected chi connectivity index (χ1v) is 4.34. The molecule has 0 fully saturated rings. The van der Waals surface area contributed by atoms with Crippen molar-refractivity contribution >= 4 is 5.84 Å². The molecule has 4 nitrogen and oxygen atoms in total. The SMILES string of the molecule is CC(Oc1ccc(C(=N)N)nc1)C(F)(F)F. The number of amidine groups is 1. The number of pyridine rings is 1. The molecule has 1 rings (SSSR count). The summed E-state index contributed by atoms with van der Waals surface area (Å²) in [6.45, 7) is 0.902. The van der Waals surface area contributed by atoms with Crippen LogP contribution in [0.15, 0.2) is 18.3 Å². The van der Waals surface area contributed by atoms with Crippen LogP contribution in [0.2, 0.25) is 0 Å². The Morgan fingerprint density at radius 3 is 2.50 bits per heavy atom. The zero-order chi connectivity index (χ0) is 12.3. The van der Waals surface area contributed by atoms with E-state index in [0.717, 1.165) is 13.1 Å². The Labute approximate surface area is 89.7 Å². The summed E-state index contributed by atoms with van der Waals surface area (Å²) < 4.78 is 41.0. The highest BCUT2D eigenvalue weighted by Gasteiger charge is 2.38. The summed E-state index contributed by atoms with van der Waals surface area (Å²) in [5, 5.41) is 7.04. The minimum Gasteiger partial charge on any atom is -0.480 e. The Morgan fingerprint density at radius 1 is 1.50 bits per heavy atom. The van der Waals surface area contributed by atoms with Crippen LogP contribution >= 0.6 is 0 Å². The van der Waals surface area contributed by atoms with Gasteiger partial charge in [-0.1, -0.05) is 0 Å². The van der Waals surface area contributed by atoms with Crippen LogP contribution in [0.4, 0.5) is 13.2 Å². The van der Waals surface area contributed by atoms with E-state index in [-0.39, 0.29) is 17.3 Å². The van der Waals surface area contributed by atoms with Crippen molar-refractivity contribution < 1.29 is 17.9 Å². The van der Waals surface area contributed by atoms with Crippen molar-refractivity contribution in [2.45, 2.75) is 19.2 Å². The number of aromatic nitrogens is 1. The maximum absolute atomic E-state index is 12.1. The minimum absolute atomic E-state index is 0.0187. The lowest BCUT2D eigenvalue weighted by Gasteiger charge is -2.17. The predicted octanol–water partition coefficient (Wildman–Crippen LogP) is 1.70. The fraction of sp³-hybridized carbons (Fsp3) is 0.333. The van der Waals surface area contributed by atoms with Crippen LogP contribution < -0.4 is 10.5 Å². The molecule has 0 saturated carbocycles. The van der Waals surface area contributed by atoms with Crippen molar-refractivity contribution in [3.05, 3.63) is 24.0 Å². The van der Waals surface area contributed by atoms with Gasteiger partial charge in [0.05, 0.1) is 6.20 Å². The molecule has 0 radical (unpaired) electrons. The molecule has 0 aliphatic rings. The average Bonchev–Trinajstić information content (AvgIpc) is 2.17. The summed E-state index contributed by atoms with van der Waals surface area (Å²) in [4.78, 5) is 3.67. The van der Waals surface area contributed by atoms with E-state index in [1.54, 1.807) is 0 Å². The largest absolute Gasteiger partial charge is 0.480 e. The fourth-order valence-corrected chi connectivity index (χ4v) is 0.880. The first-order chi connectivity index (χ1) is 7.30. The summed E-state index contributed by atoms with van der Waals surface area (Å²) in [6, 6.07) is 2.60. The van der Waals surface area contributed by atoms with Crippen LogP contribution in [-0.2, 0) is 0 Å². The van der Waals surface area contributed by atoms with Gasteiger partial charge < -0.3 is 10.5 Å². The lowest BCUT2D eigenvalue weighted by atomic mass is 10.3. The second-order valence-corrected chi connectivity index (χ2v) is 3.09. The summed E-state index contributed by atoms with van der Waals surface area (Å²) in [6.07, 6.45) is -5.23. The van der Waals surface area contributed by atoms with Crippen molar-refractivity contribution in [3.63, 3.8) is 0 Å². The Bertz CT molecular complexity index is 375. The van der Waals surface area contributed by atoms with Gasteiger partial charge in [-0.2, -0.15) is 13.2 Å². The van der Waals surface area contributed by atoms with E-state index in [9.17, 15) is 13.2 Å². The molecule has 1 heterocycles. The van der Waals surface area contributed by atoms with Gasteiger partial charge in [0.1, 0.15) is 17.3 Å². The molecule has 1 aromatic rings. The topological polar surface area (TPSA) is 72.0 Å². The number of hydrogen-bond acceptors (Lipinski definition) is 3. The third-order valence-electron chi connectivity index (χ3n) is 1.79. The molecule has 0 bridgehead atoms. The molecule has 7 heteroatoms. The number of hydrogen-bond donors (Lipinski definition) is 2. The van der Waals surface area contributed by atoms with E-state index in [4.69, 9.17) is 11.1 Å². The van der Waals surface area contributed by atoms with Crippen molar-refractivity contribution in [2.75, 3.05) is 0 Å².